The predicted molar refractivity (Wildman–Crippen MR) is 142 cm³/mol. The second kappa shape index (κ2) is 12.3. The van der Waals surface area contributed by atoms with Crippen LogP contribution >= 0.6 is 0 Å². The molecule has 0 aliphatic carbocycles. The van der Waals surface area contributed by atoms with Crippen molar-refractivity contribution in [2.45, 2.75) is 58.6 Å². The minimum atomic E-state index is -0.722. The number of carbonyl (C=O) groups is 2. The second-order valence-corrected chi connectivity index (χ2v) is 10.3. The average Bonchev–Trinajstić information content (AvgIpc) is 3.34. The maximum Gasteiger partial charge on any atom is 0.410 e. The van der Waals surface area contributed by atoms with Crippen molar-refractivity contribution < 1.29 is 33.9 Å². The number of halogens is 1. The quantitative estimate of drug-likeness (QED) is 0.295. The predicted octanol–water partition coefficient (Wildman–Crippen LogP) is 5.29. The van der Waals surface area contributed by atoms with Crippen LogP contribution < -0.4 is 20.2 Å². The second-order valence-electron chi connectivity index (χ2n) is 10.3. The molecule has 0 aromatic heterocycles. The number of unbranched alkanes of at least 4 members (excludes halogenated alkanes) is 1. The number of nitrogens with zero attached hydrogens (tertiary/aromatic N) is 3. The van der Waals surface area contributed by atoms with Gasteiger partial charge in [-0.05, 0) is 63.9 Å². The van der Waals surface area contributed by atoms with Crippen molar-refractivity contribution in [2.75, 3.05) is 42.2 Å². The van der Waals surface area contributed by atoms with Gasteiger partial charge in [0.2, 0.25) is 0 Å². The summed E-state index contributed by atoms with van der Waals surface area (Å²) in [6.07, 6.45) is 2.06. The molecule has 2 aromatic rings. The summed E-state index contributed by atoms with van der Waals surface area (Å²) in [7, 11) is 1.69. The summed E-state index contributed by atoms with van der Waals surface area (Å²) >= 11 is 0. The van der Waals surface area contributed by atoms with Crippen LogP contribution in [0.4, 0.5) is 26.2 Å². The summed E-state index contributed by atoms with van der Waals surface area (Å²) in [5.74, 6) is -0.999. The van der Waals surface area contributed by atoms with Crippen molar-refractivity contribution in [3.8, 4) is 5.75 Å². The Kier molecular flexibility index (Phi) is 9.40. The number of anilines is 3. The fourth-order valence-corrected chi connectivity index (χ4v) is 4.06. The highest BCUT2D eigenvalue weighted by molar-refractivity contribution is 6.08. The van der Waals surface area contributed by atoms with E-state index in [4.69, 9.17) is 9.47 Å². The fourth-order valence-electron chi connectivity index (χ4n) is 4.06. The molecule has 38 heavy (non-hydrogen) atoms. The molecule has 11 heteroatoms. The molecular formula is C27H37FN4O6. The molecule has 1 aliphatic heterocycles. The van der Waals surface area contributed by atoms with Gasteiger partial charge in [0.15, 0.2) is 0 Å². The molecule has 1 saturated heterocycles. The van der Waals surface area contributed by atoms with Crippen LogP contribution in [-0.4, -0.2) is 65.7 Å². The first kappa shape index (κ1) is 29.0. The SMILES string of the molecule is CCCCOc1ccc(C(=O)Nc2ccc(N3CCC(N(C)C(=O)OC(C)(C)C)C3)cc2F)c(N(O)O)c1. The molecule has 10 nitrogen and oxygen atoms in total. The lowest BCUT2D eigenvalue weighted by molar-refractivity contribution is 0.0236. The number of hydrogen-bond acceptors (Lipinski definition) is 8. The summed E-state index contributed by atoms with van der Waals surface area (Å²) in [6, 6.07) is 8.61. The minimum absolute atomic E-state index is 0.0583. The van der Waals surface area contributed by atoms with Crippen molar-refractivity contribution in [1.29, 1.82) is 0 Å². The number of carbonyl (C=O) groups excluding carboxylic acids is 2. The number of nitrogens with one attached hydrogen (secondary N) is 1. The normalized spacial score (nSPS) is 15.3. The van der Waals surface area contributed by atoms with Crippen LogP contribution in [0.3, 0.4) is 0 Å². The third-order valence-electron chi connectivity index (χ3n) is 6.15. The fraction of sp³-hybridized carbons (Fsp3) is 0.481. The highest BCUT2D eigenvalue weighted by atomic mass is 19.1. The lowest BCUT2D eigenvalue weighted by Crippen LogP contribution is -2.42. The van der Waals surface area contributed by atoms with Gasteiger partial charge in [0, 0.05) is 31.9 Å². The van der Waals surface area contributed by atoms with Gasteiger partial charge < -0.3 is 24.6 Å². The Bertz CT molecular complexity index is 1140. The van der Waals surface area contributed by atoms with E-state index in [0.29, 0.717) is 37.6 Å². The third-order valence-corrected chi connectivity index (χ3v) is 6.15. The lowest BCUT2D eigenvalue weighted by Gasteiger charge is -2.29. The van der Waals surface area contributed by atoms with Gasteiger partial charge in [-0.25, -0.2) is 9.18 Å². The first-order valence-electron chi connectivity index (χ1n) is 12.7. The van der Waals surface area contributed by atoms with Crippen LogP contribution in [0.5, 0.6) is 5.75 Å². The first-order chi connectivity index (χ1) is 17.9. The molecule has 2 amide bonds. The number of likely N-dealkylation sites (N-methyl/N-ethyl adjacent to an activating group) is 1. The Morgan fingerprint density at radius 3 is 2.55 bits per heavy atom. The van der Waals surface area contributed by atoms with Gasteiger partial charge >= 0.3 is 6.09 Å². The monoisotopic (exact) mass is 532 g/mol. The Morgan fingerprint density at radius 1 is 1.18 bits per heavy atom. The van der Waals surface area contributed by atoms with E-state index in [2.05, 4.69) is 5.32 Å². The Morgan fingerprint density at radius 2 is 1.92 bits per heavy atom. The number of ether oxygens (including phenoxy) is 2. The zero-order valence-electron chi connectivity index (χ0n) is 22.5. The van der Waals surface area contributed by atoms with Gasteiger partial charge in [-0.3, -0.25) is 15.2 Å². The van der Waals surface area contributed by atoms with Crippen molar-refractivity contribution >= 4 is 29.1 Å². The van der Waals surface area contributed by atoms with Crippen molar-refractivity contribution in [3.63, 3.8) is 0 Å². The molecule has 3 rings (SSSR count). The molecular weight excluding hydrogens is 495 g/mol. The maximum absolute atomic E-state index is 15.0. The molecule has 0 radical (unpaired) electrons. The molecule has 1 unspecified atom stereocenters. The van der Waals surface area contributed by atoms with Crippen molar-refractivity contribution in [3.05, 3.63) is 47.8 Å². The van der Waals surface area contributed by atoms with Gasteiger partial charge in [-0.15, -0.1) is 5.23 Å². The molecule has 2 aromatic carbocycles. The average molecular weight is 533 g/mol. The largest absolute Gasteiger partial charge is 0.494 e. The van der Waals surface area contributed by atoms with E-state index in [9.17, 15) is 24.4 Å². The summed E-state index contributed by atoms with van der Waals surface area (Å²) in [4.78, 5) is 28.8. The zero-order chi connectivity index (χ0) is 28.0. The highest BCUT2D eigenvalue weighted by Crippen LogP contribution is 2.29. The molecule has 208 valence electrons. The zero-order valence-corrected chi connectivity index (χ0v) is 22.5. The van der Waals surface area contributed by atoms with Crippen LogP contribution in [0, 0.1) is 5.82 Å². The lowest BCUT2D eigenvalue weighted by atomic mass is 10.1. The number of rotatable bonds is 9. The van der Waals surface area contributed by atoms with E-state index in [1.165, 1.54) is 30.3 Å². The summed E-state index contributed by atoms with van der Waals surface area (Å²) in [5.41, 5.74) is -0.311. The molecule has 0 spiro atoms. The van der Waals surface area contributed by atoms with Gasteiger partial charge in [-0.1, -0.05) is 13.3 Å². The van der Waals surface area contributed by atoms with Crippen LogP contribution in [0.25, 0.3) is 0 Å². The number of hydrogen-bond donors (Lipinski definition) is 3. The van der Waals surface area contributed by atoms with Gasteiger partial charge in [0.05, 0.1) is 23.9 Å². The molecule has 1 heterocycles. The molecule has 1 aliphatic rings. The maximum atomic E-state index is 15.0. The minimum Gasteiger partial charge on any atom is -0.494 e. The number of benzene rings is 2. The van der Waals surface area contributed by atoms with Gasteiger partial charge in [0.1, 0.15) is 22.9 Å². The highest BCUT2D eigenvalue weighted by Gasteiger charge is 2.31. The molecule has 0 bridgehead atoms. The van der Waals surface area contributed by atoms with E-state index in [-0.39, 0.29) is 28.2 Å². The summed E-state index contributed by atoms with van der Waals surface area (Å²) < 4.78 is 26.0. The van der Waals surface area contributed by atoms with Crippen LogP contribution in [0.15, 0.2) is 36.4 Å². The molecule has 1 fully saturated rings. The topological polar surface area (TPSA) is 115 Å². The smallest absolute Gasteiger partial charge is 0.410 e. The van der Waals surface area contributed by atoms with E-state index in [1.54, 1.807) is 18.0 Å². The van der Waals surface area contributed by atoms with E-state index >= 15 is 0 Å². The third kappa shape index (κ3) is 7.48. The van der Waals surface area contributed by atoms with Crippen molar-refractivity contribution in [2.24, 2.45) is 0 Å². The van der Waals surface area contributed by atoms with Crippen LogP contribution in [0.1, 0.15) is 57.3 Å². The van der Waals surface area contributed by atoms with Crippen molar-refractivity contribution in [1.82, 2.24) is 4.90 Å². The summed E-state index contributed by atoms with van der Waals surface area (Å²) in [5, 5.41) is 21.6. The molecule has 0 saturated carbocycles. The number of amides is 2. The molecule has 3 N–H and O–H groups in total. The van der Waals surface area contributed by atoms with E-state index in [0.717, 1.165) is 12.8 Å². The van der Waals surface area contributed by atoms with Gasteiger partial charge in [-0.2, -0.15) is 0 Å². The molecule has 1 atom stereocenters. The Labute approximate surface area is 222 Å². The van der Waals surface area contributed by atoms with Crippen LogP contribution in [0.2, 0.25) is 0 Å². The summed E-state index contributed by atoms with van der Waals surface area (Å²) in [6.45, 7) is 9.04. The van der Waals surface area contributed by atoms with E-state index in [1.807, 2.05) is 32.6 Å². The van der Waals surface area contributed by atoms with Gasteiger partial charge in [0.25, 0.3) is 5.91 Å². The standard InChI is InChI=1S/C27H37FN4O6/c1-6-7-14-37-20-9-10-21(24(16-20)32(35)36)25(33)29-23-11-8-18(15-22(23)28)31-13-12-19(17-31)30(5)26(34)38-27(2,3)4/h8-11,15-16,19,35-36H,6-7,12-14,17H2,1-5H3,(H,29,33). The Balaban J connectivity index is 1.67. The van der Waals surface area contributed by atoms with E-state index < -0.39 is 23.4 Å². The Hall–Kier alpha value is -3.57. The van der Waals surface area contributed by atoms with Crippen LogP contribution in [-0.2, 0) is 4.74 Å². The first-order valence-corrected chi connectivity index (χ1v) is 12.7.